The van der Waals surface area contributed by atoms with E-state index in [0.29, 0.717) is 5.69 Å². The van der Waals surface area contributed by atoms with Crippen LogP contribution in [0.3, 0.4) is 0 Å². The summed E-state index contributed by atoms with van der Waals surface area (Å²) in [5.74, 6) is -1.04. The molecule has 0 heterocycles. The van der Waals surface area contributed by atoms with Gasteiger partial charge in [-0.25, -0.2) is 8.42 Å². The Morgan fingerprint density at radius 1 is 1.00 bits per heavy atom. The zero-order valence-electron chi connectivity index (χ0n) is 11.0. The molecule has 0 saturated carbocycles. The second kappa shape index (κ2) is 5.88. The molecule has 0 bridgehead atoms. The maximum Gasteiger partial charge on any atom is 0.239 e. The summed E-state index contributed by atoms with van der Waals surface area (Å²) in [4.78, 5) is 11.6. The van der Waals surface area contributed by atoms with E-state index >= 15 is 0 Å². The fraction of sp³-hybridized carbons (Fsp3) is 0.133. The normalized spacial score (nSPS) is 11.1. The number of anilines is 1. The standard InChI is InChI=1S/C15H15NO3S/c1-20(18,19)11-15(17)16-14-9-5-8-13(10-14)12-6-3-2-4-7-12/h2-10H,11H2,1H3,(H,16,17). The van der Waals surface area contributed by atoms with Gasteiger partial charge in [0.05, 0.1) is 0 Å². The van der Waals surface area contributed by atoms with Crippen LogP contribution in [0.25, 0.3) is 11.1 Å². The van der Waals surface area contributed by atoms with Crippen LogP contribution in [0.15, 0.2) is 54.6 Å². The monoisotopic (exact) mass is 289 g/mol. The van der Waals surface area contributed by atoms with Crippen molar-refractivity contribution in [2.45, 2.75) is 0 Å². The van der Waals surface area contributed by atoms with Crippen molar-refractivity contribution in [3.05, 3.63) is 54.6 Å². The maximum atomic E-state index is 11.6. The van der Waals surface area contributed by atoms with E-state index in [1.54, 1.807) is 6.07 Å². The number of carbonyl (C=O) groups excluding carboxylic acids is 1. The van der Waals surface area contributed by atoms with Gasteiger partial charge in [0.1, 0.15) is 5.75 Å². The summed E-state index contributed by atoms with van der Waals surface area (Å²) < 4.78 is 22.1. The van der Waals surface area contributed by atoms with Gasteiger partial charge in [-0.15, -0.1) is 0 Å². The predicted octanol–water partition coefficient (Wildman–Crippen LogP) is 2.34. The third kappa shape index (κ3) is 4.20. The van der Waals surface area contributed by atoms with Crippen molar-refractivity contribution in [2.24, 2.45) is 0 Å². The minimum atomic E-state index is -3.32. The Labute approximate surface area is 118 Å². The summed E-state index contributed by atoms with van der Waals surface area (Å²) in [6.07, 6.45) is 1.03. The first-order chi connectivity index (χ1) is 9.44. The van der Waals surface area contributed by atoms with E-state index in [4.69, 9.17) is 0 Å². The van der Waals surface area contributed by atoms with Crippen LogP contribution in [0.2, 0.25) is 0 Å². The van der Waals surface area contributed by atoms with E-state index in [1.165, 1.54) is 0 Å². The molecule has 104 valence electrons. The molecule has 0 radical (unpaired) electrons. The minimum absolute atomic E-state index is 0.511. The molecule has 1 N–H and O–H groups in total. The second-order valence-electron chi connectivity index (χ2n) is 4.57. The average Bonchev–Trinajstić information content (AvgIpc) is 2.38. The molecule has 20 heavy (non-hydrogen) atoms. The molecule has 5 heteroatoms. The van der Waals surface area contributed by atoms with Crippen molar-refractivity contribution in [2.75, 3.05) is 17.3 Å². The van der Waals surface area contributed by atoms with Gasteiger partial charge in [0.25, 0.3) is 0 Å². The fourth-order valence-corrected chi connectivity index (χ4v) is 2.39. The number of hydrogen-bond donors (Lipinski definition) is 1. The number of rotatable bonds is 4. The van der Waals surface area contributed by atoms with Crippen LogP contribution in [0.1, 0.15) is 0 Å². The summed E-state index contributed by atoms with van der Waals surface area (Å²) in [7, 11) is -3.32. The van der Waals surface area contributed by atoms with Crippen LogP contribution >= 0.6 is 0 Å². The lowest BCUT2D eigenvalue weighted by atomic mass is 10.1. The Bertz CT molecular complexity index is 709. The lowest BCUT2D eigenvalue weighted by Gasteiger charge is -2.07. The summed E-state index contributed by atoms with van der Waals surface area (Å²) in [6.45, 7) is 0. The Morgan fingerprint density at radius 3 is 2.30 bits per heavy atom. The number of carbonyl (C=O) groups is 1. The summed E-state index contributed by atoms with van der Waals surface area (Å²) in [5, 5.41) is 2.59. The molecule has 0 aliphatic carbocycles. The minimum Gasteiger partial charge on any atom is -0.325 e. The van der Waals surface area contributed by atoms with Crippen molar-refractivity contribution in [3.8, 4) is 11.1 Å². The quantitative estimate of drug-likeness (QED) is 0.939. The van der Waals surface area contributed by atoms with Gasteiger partial charge in [0.2, 0.25) is 5.91 Å². The smallest absolute Gasteiger partial charge is 0.239 e. The lowest BCUT2D eigenvalue weighted by molar-refractivity contribution is -0.113. The fourth-order valence-electron chi connectivity index (χ4n) is 1.84. The Morgan fingerprint density at radius 2 is 1.65 bits per heavy atom. The third-order valence-corrected chi connectivity index (χ3v) is 3.43. The van der Waals surface area contributed by atoms with E-state index in [0.717, 1.165) is 17.4 Å². The average molecular weight is 289 g/mol. The molecule has 0 unspecified atom stereocenters. The highest BCUT2D eigenvalue weighted by atomic mass is 32.2. The van der Waals surface area contributed by atoms with Crippen molar-refractivity contribution >= 4 is 21.4 Å². The van der Waals surface area contributed by atoms with Crippen LogP contribution in [0, 0.1) is 0 Å². The molecular weight excluding hydrogens is 274 g/mol. The third-order valence-electron chi connectivity index (χ3n) is 2.65. The molecule has 0 atom stereocenters. The van der Waals surface area contributed by atoms with E-state index in [-0.39, 0.29) is 0 Å². The number of hydrogen-bond acceptors (Lipinski definition) is 3. The van der Waals surface area contributed by atoms with Gasteiger partial charge in [0.15, 0.2) is 9.84 Å². The molecule has 0 saturated heterocycles. The predicted molar refractivity (Wildman–Crippen MR) is 80.2 cm³/mol. The Balaban J connectivity index is 2.17. The van der Waals surface area contributed by atoms with Gasteiger partial charge >= 0.3 is 0 Å². The summed E-state index contributed by atoms with van der Waals surface area (Å²) >= 11 is 0. The molecule has 0 fully saturated rings. The first-order valence-electron chi connectivity index (χ1n) is 6.07. The van der Waals surface area contributed by atoms with E-state index in [9.17, 15) is 13.2 Å². The molecule has 2 aromatic rings. The van der Waals surface area contributed by atoms with Crippen molar-refractivity contribution in [1.29, 1.82) is 0 Å². The second-order valence-corrected chi connectivity index (χ2v) is 6.71. The molecule has 0 aromatic heterocycles. The molecule has 2 rings (SSSR count). The lowest BCUT2D eigenvalue weighted by Crippen LogP contribution is -2.21. The molecule has 0 aliphatic heterocycles. The molecule has 1 amide bonds. The Kier molecular flexibility index (Phi) is 4.20. The van der Waals surface area contributed by atoms with Crippen molar-refractivity contribution < 1.29 is 13.2 Å². The topological polar surface area (TPSA) is 63.2 Å². The van der Waals surface area contributed by atoms with Gasteiger partial charge in [0, 0.05) is 11.9 Å². The van der Waals surface area contributed by atoms with Crippen molar-refractivity contribution in [1.82, 2.24) is 0 Å². The van der Waals surface area contributed by atoms with Gasteiger partial charge in [-0.2, -0.15) is 0 Å². The van der Waals surface area contributed by atoms with E-state index in [2.05, 4.69) is 5.32 Å². The van der Waals surface area contributed by atoms with Crippen LogP contribution in [-0.4, -0.2) is 26.3 Å². The number of sulfone groups is 1. The highest BCUT2D eigenvalue weighted by Crippen LogP contribution is 2.22. The highest BCUT2D eigenvalue weighted by molar-refractivity contribution is 7.91. The summed E-state index contributed by atoms with van der Waals surface area (Å²) in [6, 6.07) is 17.0. The zero-order valence-corrected chi connectivity index (χ0v) is 11.9. The number of nitrogens with one attached hydrogen (secondary N) is 1. The number of benzene rings is 2. The van der Waals surface area contributed by atoms with E-state index < -0.39 is 21.5 Å². The zero-order chi connectivity index (χ0) is 14.6. The van der Waals surface area contributed by atoms with Crippen molar-refractivity contribution in [3.63, 3.8) is 0 Å². The molecule has 4 nitrogen and oxygen atoms in total. The molecule has 2 aromatic carbocycles. The first kappa shape index (κ1) is 14.3. The van der Waals surface area contributed by atoms with Gasteiger partial charge in [-0.1, -0.05) is 42.5 Å². The molecule has 0 spiro atoms. The first-order valence-corrected chi connectivity index (χ1v) is 8.13. The van der Waals surface area contributed by atoms with Gasteiger partial charge in [-0.3, -0.25) is 4.79 Å². The van der Waals surface area contributed by atoms with E-state index in [1.807, 2.05) is 48.5 Å². The molecule has 0 aliphatic rings. The maximum absolute atomic E-state index is 11.6. The van der Waals surface area contributed by atoms with Crippen LogP contribution in [-0.2, 0) is 14.6 Å². The van der Waals surface area contributed by atoms with Gasteiger partial charge in [-0.05, 0) is 23.3 Å². The van der Waals surface area contributed by atoms with Crippen LogP contribution in [0.4, 0.5) is 5.69 Å². The summed E-state index contributed by atoms with van der Waals surface area (Å²) in [5.41, 5.74) is 2.58. The SMILES string of the molecule is CS(=O)(=O)CC(=O)Nc1cccc(-c2ccccc2)c1. The molecular formula is C15H15NO3S. The largest absolute Gasteiger partial charge is 0.325 e. The number of amides is 1. The highest BCUT2D eigenvalue weighted by Gasteiger charge is 2.11. The van der Waals surface area contributed by atoms with Gasteiger partial charge < -0.3 is 5.32 Å². The Hall–Kier alpha value is -2.14. The van der Waals surface area contributed by atoms with Crippen LogP contribution < -0.4 is 5.32 Å². The van der Waals surface area contributed by atoms with Crippen LogP contribution in [0.5, 0.6) is 0 Å².